The maximum absolute atomic E-state index is 4.20. The number of aryl methyl sites for hydroxylation is 1. The SMILES string of the molecule is CCCNCc1cccc(-c2cnn(C)c2)c1. The Balaban J connectivity index is 2.11. The Hall–Kier alpha value is -1.61. The van der Waals surface area contributed by atoms with Crippen LogP contribution in [-0.4, -0.2) is 16.3 Å². The zero-order valence-corrected chi connectivity index (χ0v) is 10.5. The van der Waals surface area contributed by atoms with Gasteiger partial charge in [-0.25, -0.2) is 0 Å². The molecule has 1 aromatic carbocycles. The predicted molar refractivity (Wildman–Crippen MR) is 70.6 cm³/mol. The minimum atomic E-state index is 0.932. The summed E-state index contributed by atoms with van der Waals surface area (Å²) in [5, 5.41) is 7.61. The summed E-state index contributed by atoms with van der Waals surface area (Å²) in [4.78, 5) is 0. The van der Waals surface area contributed by atoms with Gasteiger partial charge >= 0.3 is 0 Å². The van der Waals surface area contributed by atoms with E-state index >= 15 is 0 Å². The van der Waals surface area contributed by atoms with Gasteiger partial charge in [-0.15, -0.1) is 0 Å². The maximum Gasteiger partial charge on any atom is 0.0568 e. The highest BCUT2D eigenvalue weighted by Gasteiger charge is 2.01. The van der Waals surface area contributed by atoms with E-state index in [-0.39, 0.29) is 0 Å². The van der Waals surface area contributed by atoms with Crippen LogP contribution >= 0.6 is 0 Å². The quantitative estimate of drug-likeness (QED) is 0.799. The van der Waals surface area contributed by atoms with Crippen LogP contribution in [0.5, 0.6) is 0 Å². The molecule has 0 amide bonds. The van der Waals surface area contributed by atoms with Crippen LogP contribution in [0.1, 0.15) is 18.9 Å². The van der Waals surface area contributed by atoms with Crippen molar-refractivity contribution in [2.75, 3.05) is 6.54 Å². The Bertz CT molecular complexity index is 474. The zero-order valence-electron chi connectivity index (χ0n) is 10.5. The van der Waals surface area contributed by atoms with Crippen LogP contribution in [-0.2, 0) is 13.6 Å². The average molecular weight is 229 g/mol. The zero-order chi connectivity index (χ0) is 12.1. The van der Waals surface area contributed by atoms with Crippen LogP contribution in [0, 0.1) is 0 Å². The van der Waals surface area contributed by atoms with Crippen molar-refractivity contribution in [2.24, 2.45) is 7.05 Å². The highest BCUT2D eigenvalue weighted by atomic mass is 15.2. The van der Waals surface area contributed by atoms with Crippen LogP contribution in [0.2, 0.25) is 0 Å². The molecule has 17 heavy (non-hydrogen) atoms. The van der Waals surface area contributed by atoms with Crippen molar-refractivity contribution in [1.82, 2.24) is 15.1 Å². The summed E-state index contributed by atoms with van der Waals surface area (Å²) < 4.78 is 1.83. The van der Waals surface area contributed by atoms with Crippen molar-refractivity contribution in [2.45, 2.75) is 19.9 Å². The Morgan fingerprint density at radius 2 is 2.18 bits per heavy atom. The van der Waals surface area contributed by atoms with E-state index in [9.17, 15) is 0 Å². The van der Waals surface area contributed by atoms with Crippen LogP contribution in [0.15, 0.2) is 36.7 Å². The summed E-state index contributed by atoms with van der Waals surface area (Å²) in [6.45, 7) is 4.18. The van der Waals surface area contributed by atoms with Gasteiger partial charge in [-0.2, -0.15) is 5.10 Å². The molecular formula is C14H19N3. The van der Waals surface area contributed by atoms with Gasteiger partial charge in [0, 0.05) is 25.4 Å². The lowest BCUT2D eigenvalue weighted by Crippen LogP contribution is -2.13. The molecule has 3 nitrogen and oxygen atoms in total. The molecule has 1 N–H and O–H groups in total. The lowest BCUT2D eigenvalue weighted by atomic mass is 10.1. The molecule has 0 unspecified atom stereocenters. The fourth-order valence-corrected chi connectivity index (χ4v) is 1.84. The topological polar surface area (TPSA) is 29.9 Å². The Kier molecular flexibility index (Phi) is 3.94. The standard InChI is InChI=1S/C14H19N3/c1-3-7-15-9-12-5-4-6-13(8-12)14-10-16-17(2)11-14/h4-6,8,10-11,15H,3,7,9H2,1-2H3. The average Bonchev–Trinajstić information content (AvgIpc) is 2.77. The number of nitrogens with zero attached hydrogens (tertiary/aromatic N) is 2. The fourth-order valence-electron chi connectivity index (χ4n) is 1.84. The number of rotatable bonds is 5. The van der Waals surface area contributed by atoms with Gasteiger partial charge in [0.15, 0.2) is 0 Å². The summed E-state index contributed by atoms with van der Waals surface area (Å²) in [5.74, 6) is 0. The van der Waals surface area contributed by atoms with E-state index < -0.39 is 0 Å². The van der Waals surface area contributed by atoms with Crippen molar-refractivity contribution < 1.29 is 0 Å². The summed E-state index contributed by atoms with van der Waals surface area (Å²) >= 11 is 0. The summed E-state index contributed by atoms with van der Waals surface area (Å²) in [6.07, 6.45) is 5.11. The van der Waals surface area contributed by atoms with Gasteiger partial charge in [0.2, 0.25) is 0 Å². The van der Waals surface area contributed by atoms with Crippen molar-refractivity contribution in [1.29, 1.82) is 0 Å². The highest BCUT2D eigenvalue weighted by Crippen LogP contribution is 2.19. The number of hydrogen-bond donors (Lipinski definition) is 1. The van der Waals surface area contributed by atoms with Gasteiger partial charge in [-0.3, -0.25) is 4.68 Å². The smallest absolute Gasteiger partial charge is 0.0568 e. The molecule has 0 saturated heterocycles. The summed E-state index contributed by atoms with van der Waals surface area (Å²) in [7, 11) is 1.94. The lowest BCUT2D eigenvalue weighted by molar-refractivity contribution is 0.675. The third-order valence-corrected chi connectivity index (χ3v) is 2.72. The second-order valence-corrected chi connectivity index (χ2v) is 4.28. The summed E-state index contributed by atoms with van der Waals surface area (Å²) in [6, 6.07) is 8.60. The van der Waals surface area contributed by atoms with E-state index in [0.717, 1.165) is 13.1 Å². The largest absolute Gasteiger partial charge is 0.313 e. The molecule has 3 heteroatoms. The van der Waals surface area contributed by atoms with E-state index in [1.165, 1.54) is 23.1 Å². The molecule has 0 saturated carbocycles. The first-order chi connectivity index (χ1) is 8.29. The minimum absolute atomic E-state index is 0.932. The maximum atomic E-state index is 4.20. The van der Waals surface area contributed by atoms with E-state index in [4.69, 9.17) is 0 Å². The molecule has 0 atom stereocenters. The summed E-state index contributed by atoms with van der Waals surface area (Å²) in [5.41, 5.74) is 3.72. The molecule has 0 aliphatic heterocycles. The molecule has 90 valence electrons. The third-order valence-electron chi connectivity index (χ3n) is 2.72. The molecule has 1 heterocycles. The number of benzene rings is 1. The van der Waals surface area contributed by atoms with Crippen LogP contribution in [0.25, 0.3) is 11.1 Å². The molecule has 1 aromatic heterocycles. The van der Waals surface area contributed by atoms with Crippen molar-refractivity contribution in [3.63, 3.8) is 0 Å². The molecule has 2 aromatic rings. The molecule has 0 aliphatic rings. The van der Waals surface area contributed by atoms with Crippen LogP contribution < -0.4 is 5.32 Å². The van der Waals surface area contributed by atoms with Gasteiger partial charge in [0.05, 0.1) is 6.20 Å². The fraction of sp³-hybridized carbons (Fsp3) is 0.357. The first-order valence-electron chi connectivity index (χ1n) is 6.08. The Morgan fingerprint density at radius 1 is 1.29 bits per heavy atom. The second-order valence-electron chi connectivity index (χ2n) is 4.28. The number of aromatic nitrogens is 2. The van der Waals surface area contributed by atoms with Crippen molar-refractivity contribution in [3.05, 3.63) is 42.2 Å². The van der Waals surface area contributed by atoms with Gasteiger partial charge in [0.25, 0.3) is 0 Å². The molecular weight excluding hydrogens is 210 g/mol. The van der Waals surface area contributed by atoms with E-state index in [1.54, 1.807) is 0 Å². The molecule has 0 fully saturated rings. The number of nitrogens with one attached hydrogen (secondary N) is 1. The molecule has 0 spiro atoms. The van der Waals surface area contributed by atoms with Gasteiger partial charge in [-0.05, 0) is 30.2 Å². The Labute approximate surface area is 102 Å². The van der Waals surface area contributed by atoms with Gasteiger partial charge in [-0.1, -0.05) is 25.1 Å². The highest BCUT2D eigenvalue weighted by molar-refractivity contribution is 5.62. The minimum Gasteiger partial charge on any atom is -0.313 e. The van der Waals surface area contributed by atoms with Crippen molar-refractivity contribution in [3.8, 4) is 11.1 Å². The van der Waals surface area contributed by atoms with E-state index in [2.05, 4.69) is 41.6 Å². The third kappa shape index (κ3) is 3.17. The number of hydrogen-bond acceptors (Lipinski definition) is 2. The van der Waals surface area contributed by atoms with Crippen molar-refractivity contribution >= 4 is 0 Å². The van der Waals surface area contributed by atoms with Crippen LogP contribution in [0.4, 0.5) is 0 Å². The first-order valence-corrected chi connectivity index (χ1v) is 6.08. The molecule has 0 bridgehead atoms. The van der Waals surface area contributed by atoms with Gasteiger partial charge in [0.1, 0.15) is 0 Å². The predicted octanol–water partition coefficient (Wildman–Crippen LogP) is 2.59. The normalized spacial score (nSPS) is 10.7. The van der Waals surface area contributed by atoms with Crippen LogP contribution in [0.3, 0.4) is 0 Å². The molecule has 2 rings (SSSR count). The monoisotopic (exact) mass is 229 g/mol. The first kappa shape index (κ1) is 11.9. The van der Waals surface area contributed by atoms with Gasteiger partial charge < -0.3 is 5.32 Å². The van der Waals surface area contributed by atoms with E-state index in [0.29, 0.717) is 0 Å². The molecule has 0 aliphatic carbocycles. The molecule has 0 radical (unpaired) electrons. The lowest BCUT2D eigenvalue weighted by Gasteiger charge is -2.05. The van der Waals surface area contributed by atoms with E-state index in [1.807, 2.05) is 24.1 Å². The Morgan fingerprint density at radius 3 is 2.88 bits per heavy atom. The second kappa shape index (κ2) is 5.64.